The van der Waals surface area contributed by atoms with Gasteiger partial charge in [0.05, 0.1) is 12.5 Å². The fourth-order valence-corrected chi connectivity index (χ4v) is 4.80. The van der Waals surface area contributed by atoms with Gasteiger partial charge in [-0.2, -0.15) is 4.31 Å². The molecule has 8 N–H and O–H groups in total. The molecule has 3 rings (SSSR count). The summed E-state index contributed by atoms with van der Waals surface area (Å²) in [6.07, 6.45) is -0.231. The molecule has 1 atom stereocenters. The lowest BCUT2D eigenvalue weighted by Crippen LogP contribution is -2.44. The molecule has 11 nitrogen and oxygen atoms in total. The number of hydrogen-bond acceptors (Lipinski definition) is 8. The Bertz CT molecular complexity index is 1140. The number of hydrogen-bond donors (Lipinski definition) is 6. The Hall–Kier alpha value is -3.35. The van der Waals surface area contributed by atoms with Gasteiger partial charge in [-0.1, -0.05) is 6.07 Å². The first-order chi connectivity index (χ1) is 15.1. The Morgan fingerprint density at radius 2 is 1.78 bits per heavy atom. The number of nitrogens with two attached hydrogens (primary N) is 2. The molecule has 1 aliphatic rings. The minimum atomic E-state index is -3.95. The fourth-order valence-electron chi connectivity index (χ4n) is 3.34. The van der Waals surface area contributed by atoms with Gasteiger partial charge in [0.2, 0.25) is 21.8 Å². The van der Waals surface area contributed by atoms with Gasteiger partial charge < -0.3 is 32.3 Å². The molecule has 0 aliphatic carbocycles. The molecule has 0 aromatic heterocycles. The number of anilines is 1. The second-order valence-electron chi connectivity index (χ2n) is 7.40. The van der Waals surface area contributed by atoms with E-state index in [4.69, 9.17) is 11.5 Å². The number of amides is 2. The molecule has 12 heteroatoms. The lowest BCUT2D eigenvalue weighted by Gasteiger charge is -2.16. The molecule has 0 spiro atoms. The molecule has 0 saturated carbocycles. The van der Waals surface area contributed by atoms with Crippen molar-refractivity contribution in [3.63, 3.8) is 0 Å². The first-order valence-electron chi connectivity index (χ1n) is 9.77. The number of nitrogens with zero attached hydrogens (tertiary/aromatic N) is 1. The third-order valence-electron chi connectivity index (χ3n) is 4.97. The summed E-state index contributed by atoms with van der Waals surface area (Å²) in [4.78, 5) is 22.3. The predicted molar refractivity (Wildman–Crippen MR) is 116 cm³/mol. The van der Waals surface area contributed by atoms with Crippen LogP contribution in [0.5, 0.6) is 11.5 Å². The normalized spacial score (nSPS) is 14.5. The zero-order chi connectivity index (χ0) is 23.5. The van der Waals surface area contributed by atoms with Crippen LogP contribution in [0, 0.1) is 0 Å². The highest BCUT2D eigenvalue weighted by atomic mass is 32.2. The largest absolute Gasteiger partial charge is 0.508 e. The van der Waals surface area contributed by atoms with Crippen molar-refractivity contribution in [1.82, 2.24) is 9.62 Å². The van der Waals surface area contributed by atoms with Gasteiger partial charge in [0.25, 0.3) is 0 Å². The highest BCUT2D eigenvalue weighted by Gasteiger charge is 2.32. The van der Waals surface area contributed by atoms with Gasteiger partial charge in [-0.3, -0.25) is 9.59 Å². The highest BCUT2D eigenvalue weighted by molar-refractivity contribution is 7.89. The quantitative estimate of drug-likeness (QED) is 0.269. The Morgan fingerprint density at radius 3 is 2.47 bits per heavy atom. The van der Waals surface area contributed by atoms with E-state index in [1.54, 1.807) is 6.07 Å². The van der Waals surface area contributed by atoms with Crippen molar-refractivity contribution in [3.05, 3.63) is 47.5 Å². The van der Waals surface area contributed by atoms with Crippen LogP contribution in [0.2, 0.25) is 0 Å². The highest BCUT2D eigenvalue weighted by Crippen LogP contribution is 2.34. The second-order valence-corrected chi connectivity index (χ2v) is 9.31. The molecule has 2 aromatic rings. The number of carbonyl (C=O) groups excluding carboxylic acids is 2. The van der Waals surface area contributed by atoms with E-state index in [-0.39, 0.29) is 36.7 Å². The maximum atomic E-state index is 12.9. The number of sulfonamides is 1. The summed E-state index contributed by atoms with van der Waals surface area (Å²) in [5.41, 5.74) is 13.0. The van der Waals surface area contributed by atoms with Crippen LogP contribution in [-0.4, -0.2) is 53.9 Å². The molecule has 32 heavy (non-hydrogen) atoms. The summed E-state index contributed by atoms with van der Waals surface area (Å²) in [6, 6.07) is 7.80. The molecule has 0 saturated heterocycles. The fraction of sp³-hybridized carbons (Fsp3) is 0.300. The predicted octanol–water partition coefficient (Wildman–Crippen LogP) is -0.467. The lowest BCUT2D eigenvalue weighted by atomic mass is 10.1. The first-order valence-corrected chi connectivity index (χ1v) is 11.2. The minimum absolute atomic E-state index is 0.131. The number of benzene rings is 2. The number of fused-ring (bicyclic) bond motifs is 1. The Balaban J connectivity index is 1.58. The van der Waals surface area contributed by atoms with Gasteiger partial charge in [0.1, 0.15) is 16.4 Å². The molecule has 0 unspecified atom stereocenters. The Morgan fingerprint density at radius 1 is 1.06 bits per heavy atom. The van der Waals surface area contributed by atoms with E-state index in [2.05, 4.69) is 10.6 Å². The minimum Gasteiger partial charge on any atom is -0.508 e. The van der Waals surface area contributed by atoms with E-state index in [1.807, 2.05) is 12.1 Å². The van der Waals surface area contributed by atoms with Crippen molar-refractivity contribution in [2.45, 2.75) is 30.4 Å². The van der Waals surface area contributed by atoms with Crippen molar-refractivity contribution in [1.29, 1.82) is 0 Å². The van der Waals surface area contributed by atoms with Gasteiger partial charge in [0.15, 0.2) is 0 Å². The summed E-state index contributed by atoms with van der Waals surface area (Å²) in [7, 11) is -3.95. The van der Waals surface area contributed by atoms with Gasteiger partial charge in [0, 0.05) is 37.9 Å². The van der Waals surface area contributed by atoms with Crippen molar-refractivity contribution in [2.75, 3.05) is 18.4 Å². The van der Waals surface area contributed by atoms with Crippen LogP contribution < -0.4 is 22.1 Å². The zero-order valence-electron chi connectivity index (χ0n) is 17.1. The zero-order valence-corrected chi connectivity index (χ0v) is 17.9. The standard InChI is InChI=1S/C20H25N5O6S/c21-16(9-19(22)28)20(29)24-6-5-23-14-2-1-12-10-25(11-13(12)7-14)32(30,31)18-4-3-15(26)8-17(18)27/h1-4,7-8,16,23,26-27H,5-6,9-11,21H2,(H2,22,28)(H,24,29)/t16-/m0/s1. The van der Waals surface area contributed by atoms with Crippen molar-refractivity contribution < 1.29 is 28.2 Å². The average Bonchev–Trinajstić information content (AvgIpc) is 3.14. The van der Waals surface area contributed by atoms with E-state index >= 15 is 0 Å². The third-order valence-corrected chi connectivity index (χ3v) is 6.81. The van der Waals surface area contributed by atoms with Gasteiger partial charge in [-0.15, -0.1) is 0 Å². The lowest BCUT2D eigenvalue weighted by molar-refractivity contribution is -0.126. The number of primary amides is 1. The molecule has 0 radical (unpaired) electrons. The first kappa shape index (κ1) is 23.3. The van der Waals surface area contributed by atoms with Gasteiger partial charge in [-0.25, -0.2) is 8.42 Å². The number of rotatable bonds is 9. The third kappa shape index (κ3) is 5.28. The van der Waals surface area contributed by atoms with E-state index in [0.717, 1.165) is 22.9 Å². The number of phenols is 2. The van der Waals surface area contributed by atoms with Crippen LogP contribution in [0.4, 0.5) is 5.69 Å². The summed E-state index contributed by atoms with van der Waals surface area (Å²) in [5.74, 6) is -1.87. The van der Waals surface area contributed by atoms with Gasteiger partial charge >= 0.3 is 0 Å². The van der Waals surface area contributed by atoms with E-state index in [0.29, 0.717) is 6.54 Å². The molecule has 1 aliphatic heterocycles. The molecule has 172 valence electrons. The summed E-state index contributed by atoms with van der Waals surface area (Å²) < 4.78 is 27.1. The van der Waals surface area contributed by atoms with Crippen molar-refractivity contribution in [3.8, 4) is 11.5 Å². The van der Waals surface area contributed by atoms with Crippen LogP contribution in [-0.2, 0) is 32.7 Å². The van der Waals surface area contributed by atoms with Crippen LogP contribution >= 0.6 is 0 Å². The molecular weight excluding hydrogens is 438 g/mol. The van der Waals surface area contributed by atoms with Crippen molar-refractivity contribution in [2.24, 2.45) is 11.5 Å². The number of nitrogens with one attached hydrogen (secondary N) is 2. The second kappa shape index (κ2) is 9.42. The maximum Gasteiger partial charge on any atom is 0.247 e. The molecular formula is C20H25N5O6S. The molecule has 2 amide bonds. The average molecular weight is 464 g/mol. The SMILES string of the molecule is NC(=O)C[C@H](N)C(=O)NCCNc1ccc2c(c1)CN(S(=O)(=O)c1ccc(O)cc1O)C2. The summed E-state index contributed by atoms with van der Waals surface area (Å²) in [5, 5.41) is 25.1. The van der Waals surface area contributed by atoms with E-state index in [9.17, 15) is 28.2 Å². The van der Waals surface area contributed by atoms with Crippen LogP contribution in [0.15, 0.2) is 41.3 Å². The smallest absolute Gasteiger partial charge is 0.247 e. The number of phenolic OH excluding ortho intramolecular Hbond substituents is 2. The molecule has 0 bridgehead atoms. The summed E-state index contributed by atoms with van der Waals surface area (Å²) in [6.45, 7) is 0.943. The van der Waals surface area contributed by atoms with Crippen LogP contribution in [0.1, 0.15) is 17.5 Å². The monoisotopic (exact) mass is 463 g/mol. The van der Waals surface area contributed by atoms with Crippen LogP contribution in [0.25, 0.3) is 0 Å². The van der Waals surface area contributed by atoms with E-state index < -0.39 is 33.6 Å². The Kier molecular flexibility index (Phi) is 6.87. The number of carbonyl (C=O) groups is 2. The molecule has 2 aromatic carbocycles. The topological polar surface area (TPSA) is 188 Å². The molecule has 0 fully saturated rings. The maximum absolute atomic E-state index is 12.9. The Labute approximate surface area is 185 Å². The van der Waals surface area contributed by atoms with Gasteiger partial charge in [-0.05, 0) is 35.4 Å². The van der Waals surface area contributed by atoms with Crippen LogP contribution in [0.3, 0.4) is 0 Å². The number of aromatic hydroxyl groups is 2. The van der Waals surface area contributed by atoms with E-state index in [1.165, 1.54) is 16.4 Å². The summed E-state index contributed by atoms with van der Waals surface area (Å²) >= 11 is 0. The van der Waals surface area contributed by atoms with Crippen molar-refractivity contribution >= 4 is 27.5 Å². The molecule has 1 heterocycles.